The van der Waals surface area contributed by atoms with Gasteiger partial charge in [0, 0.05) is 50.1 Å². The maximum atomic E-state index is 12.2. The van der Waals surface area contributed by atoms with Gasteiger partial charge in [0.25, 0.3) is 0 Å². The molecule has 3 rings (SSSR count). The van der Waals surface area contributed by atoms with Crippen LogP contribution in [0, 0.1) is 13.8 Å². The summed E-state index contributed by atoms with van der Waals surface area (Å²) in [6.07, 6.45) is 6.65. The van der Waals surface area contributed by atoms with Crippen molar-refractivity contribution in [2.75, 3.05) is 18.0 Å². The van der Waals surface area contributed by atoms with Crippen molar-refractivity contribution >= 4 is 11.9 Å². The Morgan fingerprint density at radius 1 is 1.38 bits per heavy atom. The van der Waals surface area contributed by atoms with Crippen molar-refractivity contribution < 1.29 is 4.79 Å². The summed E-state index contributed by atoms with van der Waals surface area (Å²) in [5, 5.41) is 10.4. The van der Waals surface area contributed by atoms with E-state index >= 15 is 0 Å². The maximum absolute atomic E-state index is 12.2. The molecule has 2 aromatic heterocycles. The van der Waals surface area contributed by atoms with Gasteiger partial charge in [0.1, 0.15) is 0 Å². The number of hydrogen-bond donors (Lipinski definition) is 2. The summed E-state index contributed by atoms with van der Waals surface area (Å²) < 4.78 is 0. The third kappa shape index (κ3) is 3.90. The van der Waals surface area contributed by atoms with Crippen LogP contribution in [-0.4, -0.2) is 45.2 Å². The highest BCUT2D eigenvalue weighted by atomic mass is 16.1. The van der Waals surface area contributed by atoms with Gasteiger partial charge in [-0.2, -0.15) is 5.10 Å². The minimum absolute atomic E-state index is 0.0795. The topological polar surface area (TPSA) is 86.8 Å². The first-order valence-electron chi connectivity index (χ1n) is 8.45. The van der Waals surface area contributed by atoms with Crippen LogP contribution in [0.1, 0.15) is 36.2 Å². The van der Waals surface area contributed by atoms with E-state index < -0.39 is 0 Å². The number of amides is 1. The van der Waals surface area contributed by atoms with E-state index in [2.05, 4.69) is 30.4 Å². The Hall–Kier alpha value is -2.44. The SMILES string of the molecule is Cc1[nH]nc(CCC(=O)N[C@@H]2CCCN(c3ncccn3)C2)c1C. The highest BCUT2D eigenvalue weighted by molar-refractivity contribution is 5.76. The first kappa shape index (κ1) is 16.4. The van der Waals surface area contributed by atoms with Gasteiger partial charge in [-0.1, -0.05) is 0 Å². The molecule has 7 heteroatoms. The van der Waals surface area contributed by atoms with Gasteiger partial charge in [-0.15, -0.1) is 0 Å². The molecule has 0 aromatic carbocycles. The fraction of sp³-hybridized carbons (Fsp3) is 0.529. The van der Waals surface area contributed by atoms with Crippen molar-refractivity contribution in [2.24, 2.45) is 0 Å². The van der Waals surface area contributed by atoms with Gasteiger partial charge in [-0.25, -0.2) is 9.97 Å². The van der Waals surface area contributed by atoms with Crippen LogP contribution < -0.4 is 10.2 Å². The van der Waals surface area contributed by atoms with Crippen LogP contribution in [0.5, 0.6) is 0 Å². The molecule has 0 bridgehead atoms. The zero-order valence-electron chi connectivity index (χ0n) is 14.2. The van der Waals surface area contributed by atoms with E-state index in [0.29, 0.717) is 12.8 Å². The molecule has 0 saturated carbocycles. The monoisotopic (exact) mass is 328 g/mol. The van der Waals surface area contributed by atoms with Crippen LogP contribution in [0.2, 0.25) is 0 Å². The zero-order chi connectivity index (χ0) is 16.9. The Morgan fingerprint density at radius 3 is 2.88 bits per heavy atom. The van der Waals surface area contributed by atoms with E-state index in [1.165, 1.54) is 0 Å². The molecule has 0 aliphatic carbocycles. The molecule has 1 saturated heterocycles. The Morgan fingerprint density at radius 2 is 2.17 bits per heavy atom. The van der Waals surface area contributed by atoms with Crippen molar-refractivity contribution in [3.05, 3.63) is 35.4 Å². The van der Waals surface area contributed by atoms with Crippen LogP contribution in [0.3, 0.4) is 0 Å². The van der Waals surface area contributed by atoms with Crippen molar-refractivity contribution in [2.45, 2.75) is 45.6 Å². The van der Waals surface area contributed by atoms with E-state index in [9.17, 15) is 4.79 Å². The van der Waals surface area contributed by atoms with Gasteiger partial charge in [-0.3, -0.25) is 9.89 Å². The lowest BCUT2D eigenvalue weighted by molar-refractivity contribution is -0.121. The van der Waals surface area contributed by atoms with Gasteiger partial charge in [0.05, 0.1) is 5.69 Å². The van der Waals surface area contributed by atoms with E-state index in [1.54, 1.807) is 12.4 Å². The maximum Gasteiger partial charge on any atom is 0.225 e. The molecule has 1 fully saturated rings. The quantitative estimate of drug-likeness (QED) is 0.869. The molecule has 7 nitrogen and oxygen atoms in total. The van der Waals surface area contributed by atoms with Crippen molar-refractivity contribution in [1.82, 2.24) is 25.5 Å². The van der Waals surface area contributed by atoms with Crippen LogP contribution in [0.4, 0.5) is 5.95 Å². The summed E-state index contributed by atoms with van der Waals surface area (Å²) in [5.74, 6) is 0.815. The second-order valence-corrected chi connectivity index (χ2v) is 6.32. The molecule has 24 heavy (non-hydrogen) atoms. The Labute approximate surface area is 141 Å². The summed E-state index contributed by atoms with van der Waals surface area (Å²) in [6, 6.07) is 1.96. The number of nitrogens with zero attached hydrogens (tertiary/aromatic N) is 4. The summed E-state index contributed by atoms with van der Waals surface area (Å²) in [7, 11) is 0. The normalized spacial score (nSPS) is 17.8. The minimum Gasteiger partial charge on any atom is -0.352 e. The molecule has 1 amide bonds. The molecule has 2 N–H and O–H groups in total. The van der Waals surface area contributed by atoms with Crippen LogP contribution in [-0.2, 0) is 11.2 Å². The van der Waals surface area contributed by atoms with Gasteiger partial charge in [-0.05, 0) is 38.3 Å². The molecular formula is C17H24N6O. The smallest absolute Gasteiger partial charge is 0.225 e. The summed E-state index contributed by atoms with van der Waals surface area (Å²) in [5.41, 5.74) is 3.19. The van der Waals surface area contributed by atoms with Crippen molar-refractivity contribution in [3.8, 4) is 0 Å². The molecular weight excluding hydrogens is 304 g/mol. The number of aromatic nitrogens is 4. The number of H-pyrrole nitrogens is 1. The Kier molecular flexibility index (Phi) is 5.08. The summed E-state index contributed by atoms with van der Waals surface area (Å²) >= 11 is 0. The van der Waals surface area contributed by atoms with Gasteiger partial charge < -0.3 is 10.2 Å². The van der Waals surface area contributed by atoms with Crippen molar-refractivity contribution in [3.63, 3.8) is 0 Å². The number of carbonyl (C=O) groups is 1. The molecule has 0 unspecified atom stereocenters. The summed E-state index contributed by atoms with van der Waals surface area (Å²) in [6.45, 7) is 5.72. The van der Waals surface area contributed by atoms with Crippen LogP contribution in [0.25, 0.3) is 0 Å². The fourth-order valence-electron chi connectivity index (χ4n) is 3.04. The largest absolute Gasteiger partial charge is 0.352 e. The number of anilines is 1. The second-order valence-electron chi connectivity index (χ2n) is 6.32. The fourth-order valence-corrected chi connectivity index (χ4v) is 3.04. The first-order chi connectivity index (χ1) is 11.6. The first-order valence-corrected chi connectivity index (χ1v) is 8.45. The number of aryl methyl sites for hydroxylation is 2. The van der Waals surface area contributed by atoms with Crippen LogP contribution >= 0.6 is 0 Å². The Bertz CT molecular complexity index is 684. The lowest BCUT2D eigenvalue weighted by atomic mass is 10.1. The third-order valence-electron chi connectivity index (χ3n) is 4.56. The average molecular weight is 328 g/mol. The predicted octanol–water partition coefficient (Wildman–Crippen LogP) is 1.53. The van der Waals surface area contributed by atoms with Gasteiger partial charge in [0.2, 0.25) is 11.9 Å². The lowest BCUT2D eigenvalue weighted by Gasteiger charge is -2.33. The van der Waals surface area contributed by atoms with Gasteiger partial charge >= 0.3 is 0 Å². The molecule has 0 radical (unpaired) electrons. The molecule has 2 aromatic rings. The minimum atomic E-state index is 0.0795. The zero-order valence-corrected chi connectivity index (χ0v) is 14.2. The number of rotatable bonds is 5. The van der Waals surface area contributed by atoms with Gasteiger partial charge in [0.15, 0.2) is 0 Å². The molecule has 128 valence electrons. The lowest BCUT2D eigenvalue weighted by Crippen LogP contribution is -2.48. The number of hydrogen-bond acceptors (Lipinski definition) is 5. The van der Waals surface area contributed by atoms with Crippen LogP contribution in [0.15, 0.2) is 18.5 Å². The molecule has 1 aliphatic heterocycles. The van der Waals surface area contributed by atoms with E-state index in [4.69, 9.17) is 0 Å². The highest BCUT2D eigenvalue weighted by Gasteiger charge is 2.23. The predicted molar refractivity (Wildman–Crippen MR) is 91.8 cm³/mol. The molecule has 1 aliphatic rings. The number of nitrogens with one attached hydrogen (secondary N) is 2. The number of carbonyl (C=O) groups excluding carboxylic acids is 1. The molecule has 0 spiro atoms. The second kappa shape index (κ2) is 7.42. The number of aromatic amines is 1. The third-order valence-corrected chi connectivity index (χ3v) is 4.56. The van der Waals surface area contributed by atoms with E-state index in [-0.39, 0.29) is 11.9 Å². The Balaban J connectivity index is 1.50. The van der Waals surface area contributed by atoms with Crippen molar-refractivity contribution in [1.29, 1.82) is 0 Å². The van der Waals surface area contributed by atoms with E-state index in [1.807, 2.05) is 19.9 Å². The average Bonchev–Trinajstić information content (AvgIpc) is 2.93. The molecule has 1 atom stereocenters. The summed E-state index contributed by atoms with van der Waals surface area (Å²) in [4.78, 5) is 23.0. The number of piperidine rings is 1. The van der Waals surface area contributed by atoms with E-state index in [0.717, 1.165) is 48.8 Å². The molecule has 3 heterocycles. The standard InChI is InChI=1S/C17H24N6O/c1-12-13(2)21-22-15(12)6-7-16(24)20-14-5-3-10-23(11-14)17-18-8-4-9-19-17/h4,8-9,14H,3,5-7,10-11H2,1-2H3,(H,20,24)(H,21,22)/t14-/m1/s1. The highest BCUT2D eigenvalue weighted by Crippen LogP contribution is 2.16.